The van der Waals surface area contributed by atoms with Crippen molar-refractivity contribution in [2.24, 2.45) is 0 Å². The van der Waals surface area contributed by atoms with Gasteiger partial charge < -0.3 is 14.2 Å². The van der Waals surface area contributed by atoms with Gasteiger partial charge in [-0.1, -0.05) is 89.5 Å². The molecule has 0 heterocycles. The molecule has 2 rings (SSSR count). The van der Waals surface area contributed by atoms with Crippen molar-refractivity contribution in [3.05, 3.63) is 48.5 Å². The molecular formula is C30H44O4. The average molecular weight is 469 g/mol. The van der Waals surface area contributed by atoms with Crippen molar-refractivity contribution in [2.75, 3.05) is 13.2 Å². The summed E-state index contributed by atoms with van der Waals surface area (Å²) in [5, 5.41) is 0. The third kappa shape index (κ3) is 11.6. The van der Waals surface area contributed by atoms with Crippen LogP contribution in [0.4, 0.5) is 0 Å². The zero-order valence-electron chi connectivity index (χ0n) is 21.5. The molecule has 0 saturated heterocycles. The summed E-state index contributed by atoms with van der Waals surface area (Å²) < 4.78 is 17.1. The minimum atomic E-state index is -0.262. The second kappa shape index (κ2) is 17.0. The van der Waals surface area contributed by atoms with Crippen LogP contribution in [-0.4, -0.2) is 25.3 Å². The highest BCUT2D eigenvalue weighted by Gasteiger charge is 2.10. The lowest BCUT2D eigenvalue weighted by Crippen LogP contribution is -2.21. The Morgan fingerprint density at radius 2 is 1.18 bits per heavy atom. The van der Waals surface area contributed by atoms with Gasteiger partial charge in [0.25, 0.3) is 0 Å². The molecule has 0 amide bonds. The molecule has 0 aliphatic rings. The Labute approximate surface area is 207 Å². The first-order chi connectivity index (χ1) is 16.6. The molecule has 0 N–H and O–H groups in total. The molecule has 0 saturated carbocycles. The van der Waals surface area contributed by atoms with E-state index in [0.717, 1.165) is 54.9 Å². The maximum atomic E-state index is 11.9. The number of benzene rings is 2. The SMILES string of the molecule is CCCCCCCCOc1ccc(-c2ccc(OCC(C)OC(=O)CCCCCC)cc2)cc1. The highest BCUT2D eigenvalue weighted by atomic mass is 16.6. The summed E-state index contributed by atoms with van der Waals surface area (Å²) in [7, 11) is 0. The van der Waals surface area contributed by atoms with E-state index in [1.165, 1.54) is 38.5 Å². The van der Waals surface area contributed by atoms with Gasteiger partial charge in [-0.3, -0.25) is 4.79 Å². The third-order valence-corrected chi connectivity index (χ3v) is 5.86. The summed E-state index contributed by atoms with van der Waals surface area (Å²) in [4.78, 5) is 11.9. The van der Waals surface area contributed by atoms with Crippen LogP contribution in [0.1, 0.15) is 91.4 Å². The molecule has 4 nitrogen and oxygen atoms in total. The molecule has 1 unspecified atom stereocenters. The molecule has 188 valence electrons. The van der Waals surface area contributed by atoms with Gasteiger partial charge in [0.15, 0.2) is 0 Å². The predicted octanol–water partition coefficient (Wildman–Crippen LogP) is 8.37. The maximum Gasteiger partial charge on any atom is 0.306 e. The molecular weight excluding hydrogens is 424 g/mol. The Bertz CT molecular complexity index is 782. The first kappa shape index (κ1) is 27.8. The highest BCUT2D eigenvalue weighted by molar-refractivity contribution is 5.69. The van der Waals surface area contributed by atoms with Gasteiger partial charge in [0.2, 0.25) is 0 Å². The molecule has 2 aromatic carbocycles. The summed E-state index contributed by atoms with van der Waals surface area (Å²) in [5.41, 5.74) is 2.27. The van der Waals surface area contributed by atoms with E-state index >= 15 is 0 Å². The fraction of sp³-hybridized carbons (Fsp3) is 0.567. The first-order valence-corrected chi connectivity index (χ1v) is 13.3. The van der Waals surface area contributed by atoms with E-state index in [1.54, 1.807) is 0 Å². The minimum Gasteiger partial charge on any atom is -0.494 e. The Morgan fingerprint density at radius 3 is 1.76 bits per heavy atom. The van der Waals surface area contributed by atoms with Crippen LogP contribution in [0.2, 0.25) is 0 Å². The topological polar surface area (TPSA) is 44.8 Å². The van der Waals surface area contributed by atoms with E-state index in [2.05, 4.69) is 26.0 Å². The van der Waals surface area contributed by atoms with E-state index in [4.69, 9.17) is 14.2 Å². The van der Waals surface area contributed by atoms with Crippen LogP contribution in [-0.2, 0) is 9.53 Å². The van der Waals surface area contributed by atoms with Gasteiger partial charge in [-0.25, -0.2) is 0 Å². The van der Waals surface area contributed by atoms with E-state index in [-0.39, 0.29) is 12.1 Å². The lowest BCUT2D eigenvalue weighted by atomic mass is 10.1. The van der Waals surface area contributed by atoms with Crippen LogP contribution in [0.25, 0.3) is 11.1 Å². The number of hydrogen-bond acceptors (Lipinski definition) is 4. The second-order valence-corrected chi connectivity index (χ2v) is 9.09. The summed E-state index contributed by atoms with van der Waals surface area (Å²) in [5.74, 6) is 1.56. The van der Waals surface area contributed by atoms with E-state index in [0.29, 0.717) is 13.0 Å². The van der Waals surface area contributed by atoms with Gasteiger partial charge in [0.1, 0.15) is 24.2 Å². The number of unbranched alkanes of at least 4 members (excludes halogenated alkanes) is 8. The van der Waals surface area contributed by atoms with Crippen molar-refractivity contribution in [3.63, 3.8) is 0 Å². The van der Waals surface area contributed by atoms with Gasteiger partial charge >= 0.3 is 5.97 Å². The number of carbonyl (C=O) groups is 1. The molecule has 0 bridgehead atoms. The van der Waals surface area contributed by atoms with Crippen molar-refractivity contribution in [1.82, 2.24) is 0 Å². The fourth-order valence-electron chi connectivity index (χ4n) is 3.79. The average Bonchev–Trinajstić information content (AvgIpc) is 2.85. The summed E-state index contributed by atoms with van der Waals surface area (Å²) in [6.45, 7) is 7.41. The normalized spacial score (nSPS) is 11.7. The number of rotatable bonds is 18. The molecule has 1 atom stereocenters. The van der Waals surface area contributed by atoms with Crippen molar-refractivity contribution >= 4 is 5.97 Å². The number of ether oxygens (including phenoxy) is 3. The Kier molecular flexibility index (Phi) is 13.9. The largest absolute Gasteiger partial charge is 0.494 e. The fourth-order valence-corrected chi connectivity index (χ4v) is 3.79. The van der Waals surface area contributed by atoms with Crippen LogP contribution in [0.5, 0.6) is 11.5 Å². The second-order valence-electron chi connectivity index (χ2n) is 9.09. The smallest absolute Gasteiger partial charge is 0.306 e. The molecule has 0 spiro atoms. The lowest BCUT2D eigenvalue weighted by molar-refractivity contribution is -0.149. The van der Waals surface area contributed by atoms with Gasteiger partial charge in [-0.2, -0.15) is 0 Å². The van der Waals surface area contributed by atoms with E-state index in [1.807, 2.05) is 43.3 Å². The monoisotopic (exact) mass is 468 g/mol. The van der Waals surface area contributed by atoms with Gasteiger partial charge in [0, 0.05) is 6.42 Å². The van der Waals surface area contributed by atoms with Gasteiger partial charge in [-0.15, -0.1) is 0 Å². The molecule has 4 heteroatoms. The molecule has 34 heavy (non-hydrogen) atoms. The van der Waals surface area contributed by atoms with Crippen LogP contribution >= 0.6 is 0 Å². The Morgan fingerprint density at radius 1 is 0.676 bits per heavy atom. The molecule has 0 aliphatic heterocycles. The van der Waals surface area contributed by atoms with Gasteiger partial charge in [0.05, 0.1) is 6.61 Å². The zero-order valence-corrected chi connectivity index (χ0v) is 21.5. The van der Waals surface area contributed by atoms with Crippen molar-refractivity contribution in [3.8, 4) is 22.6 Å². The number of hydrogen-bond donors (Lipinski definition) is 0. The zero-order chi connectivity index (χ0) is 24.4. The predicted molar refractivity (Wildman–Crippen MR) is 141 cm³/mol. The summed E-state index contributed by atoms with van der Waals surface area (Å²) in [6, 6.07) is 16.3. The van der Waals surface area contributed by atoms with Crippen molar-refractivity contribution < 1.29 is 19.0 Å². The third-order valence-electron chi connectivity index (χ3n) is 5.86. The molecule has 0 fully saturated rings. The quantitative estimate of drug-likeness (QED) is 0.163. The molecule has 0 aromatic heterocycles. The lowest BCUT2D eigenvalue weighted by Gasteiger charge is -2.15. The molecule has 2 aromatic rings. The molecule has 0 radical (unpaired) electrons. The van der Waals surface area contributed by atoms with Gasteiger partial charge in [-0.05, 0) is 55.2 Å². The summed E-state index contributed by atoms with van der Waals surface area (Å²) >= 11 is 0. The molecule has 0 aliphatic carbocycles. The standard InChI is InChI=1S/C30H44O4/c1-4-6-8-10-11-13-23-32-28-19-15-26(16-20-28)27-17-21-29(22-18-27)33-24-25(3)34-30(31)14-12-9-7-5-2/h15-22,25H,4-14,23-24H2,1-3H3. The van der Waals surface area contributed by atoms with E-state index in [9.17, 15) is 4.79 Å². The van der Waals surface area contributed by atoms with Crippen LogP contribution in [0, 0.1) is 0 Å². The highest BCUT2D eigenvalue weighted by Crippen LogP contribution is 2.25. The van der Waals surface area contributed by atoms with E-state index < -0.39 is 0 Å². The number of esters is 1. The summed E-state index contributed by atoms with van der Waals surface area (Å²) in [6.07, 6.45) is 12.2. The van der Waals surface area contributed by atoms with Crippen LogP contribution in [0.3, 0.4) is 0 Å². The first-order valence-electron chi connectivity index (χ1n) is 13.3. The maximum absolute atomic E-state index is 11.9. The van der Waals surface area contributed by atoms with Crippen molar-refractivity contribution in [2.45, 2.75) is 97.5 Å². The Balaban J connectivity index is 1.69. The van der Waals surface area contributed by atoms with Crippen molar-refractivity contribution in [1.29, 1.82) is 0 Å². The minimum absolute atomic E-state index is 0.137. The van der Waals surface area contributed by atoms with Crippen LogP contribution in [0.15, 0.2) is 48.5 Å². The Hall–Kier alpha value is -2.49. The van der Waals surface area contributed by atoms with Crippen LogP contribution < -0.4 is 9.47 Å². The number of carbonyl (C=O) groups excluding carboxylic acids is 1.